The van der Waals surface area contributed by atoms with Gasteiger partial charge in [-0.25, -0.2) is 9.97 Å². The Bertz CT molecular complexity index is 718. The van der Waals surface area contributed by atoms with Crippen LogP contribution in [0.15, 0.2) is 41.3 Å². The predicted molar refractivity (Wildman–Crippen MR) is 81.8 cm³/mol. The third kappa shape index (κ3) is 2.07. The van der Waals surface area contributed by atoms with E-state index in [0.717, 1.165) is 40.6 Å². The molecule has 3 heterocycles. The second kappa shape index (κ2) is 4.91. The lowest BCUT2D eigenvalue weighted by Gasteiger charge is -2.35. The molecule has 21 heavy (non-hydrogen) atoms. The molecule has 1 aromatic carbocycles. The van der Waals surface area contributed by atoms with Gasteiger partial charge in [0.2, 0.25) is 0 Å². The van der Waals surface area contributed by atoms with Crippen LogP contribution in [0.1, 0.15) is 40.5 Å². The molecular weight excluding hydrogens is 330 g/mol. The summed E-state index contributed by atoms with van der Waals surface area (Å²) < 4.78 is 0.932. The van der Waals surface area contributed by atoms with Crippen molar-refractivity contribution >= 4 is 21.8 Å². The zero-order chi connectivity index (χ0) is 14.4. The van der Waals surface area contributed by atoms with E-state index in [1.54, 1.807) is 6.33 Å². The average Bonchev–Trinajstić information content (AvgIpc) is 2.81. The van der Waals surface area contributed by atoms with E-state index < -0.39 is 0 Å². The summed E-state index contributed by atoms with van der Waals surface area (Å²) in [6.07, 6.45) is 6.36. The fourth-order valence-electron chi connectivity index (χ4n) is 3.50. The highest BCUT2D eigenvalue weighted by molar-refractivity contribution is 9.10. The number of carbonyl (C=O) groups is 1. The molecule has 0 saturated carbocycles. The highest BCUT2D eigenvalue weighted by Gasteiger charge is 2.43. The van der Waals surface area contributed by atoms with Gasteiger partial charge in [-0.15, -0.1) is 0 Å². The van der Waals surface area contributed by atoms with Gasteiger partial charge < -0.3 is 4.90 Å². The van der Waals surface area contributed by atoms with Crippen molar-refractivity contribution < 1.29 is 4.79 Å². The monoisotopic (exact) mass is 343 g/mol. The van der Waals surface area contributed by atoms with Crippen molar-refractivity contribution in [3.63, 3.8) is 0 Å². The molecule has 2 atom stereocenters. The van der Waals surface area contributed by atoms with E-state index in [4.69, 9.17) is 0 Å². The quantitative estimate of drug-likeness (QED) is 0.798. The Kier molecular flexibility index (Phi) is 3.03. The topological polar surface area (TPSA) is 46.1 Å². The number of carbonyl (C=O) groups excluding carboxylic acids is 1. The number of aromatic nitrogens is 2. The summed E-state index contributed by atoms with van der Waals surface area (Å²) in [5.41, 5.74) is 2.96. The van der Waals surface area contributed by atoms with Crippen LogP contribution in [0.4, 0.5) is 0 Å². The van der Waals surface area contributed by atoms with E-state index in [9.17, 15) is 4.79 Å². The Morgan fingerprint density at radius 2 is 2.24 bits per heavy atom. The first-order valence-corrected chi connectivity index (χ1v) is 7.90. The lowest BCUT2D eigenvalue weighted by Crippen LogP contribution is -2.42. The summed E-state index contributed by atoms with van der Waals surface area (Å²) in [5.74, 6) is 0.110. The maximum Gasteiger partial charge on any atom is 0.254 e. The molecule has 4 rings (SSSR count). The van der Waals surface area contributed by atoms with Crippen molar-refractivity contribution in [3.05, 3.63) is 58.1 Å². The molecule has 1 aromatic heterocycles. The molecule has 106 valence electrons. The fraction of sp³-hybridized carbons (Fsp3) is 0.312. The van der Waals surface area contributed by atoms with Gasteiger partial charge in [-0.1, -0.05) is 22.0 Å². The number of fused-ring (bicyclic) bond motifs is 4. The van der Waals surface area contributed by atoms with Crippen molar-refractivity contribution in [1.29, 1.82) is 0 Å². The molecule has 5 heteroatoms. The summed E-state index contributed by atoms with van der Waals surface area (Å²) in [7, 11) is 0. The van der Waals surface area contributed by atoms with E-state index in [0.29, 0.717) is 0 Å². The molecule has 2 aromatic rings. The van der Waals surface area contributed by atoms with Crippen molar-refractivity contribution in [2.24, 2.45) is 0 Å². The Morgan fingerprint density at radius 1 is 1.33 bits per heavy atom. The first-order chi connectivity index (χ1) is 10.2. The van der Waals surface area contributed by atoms with E-state index in [1.807, 2.05) is 35.4 Å². The first kappa shape index (κ1) is 13.0. The molecule has 0 aliphatic carbocycles. The summed E-state index contributed by atoms with van der Waals surface area (Å²) in [6, 6.07) is 8.00. The maximum atomic E-state index is 12.9. The number of halogens is 1. The molecule has 0 spiro atoms. The summed E-state index contributed by atoms with van der Waals surface area (Å²) in [4.78, 5) is 23.4. The third-order valence-corrected chi connectivity index (χ3v) is 4.92. The van der Waals surface area contributed by atoms with Gasteiger partial charge in [0.05, 0.1) is 11.7 Å². The molecule has 1 amide bonds. The van der Waals surface area contributed by atoms with Crippen LogP contribution in [0.25, 0.3) is 0 Å². The largest absolute Gasteiger partial charge is 0.328 e. The molecule has 4 nitrogen and oxygen atoms in total. The van der Waals surface area contributed by atoms with Gasteiger partial charge in [0.1, 0.15) is 6.33 Å². The minimum absolute atomic E-state index is 0.110. The molecule has 0 N–H and O–H groups in total. The van der Waals surface area contributed by atoms with Crippen molar-refractivity contribution in [2.45, 2.75) is 31.3 Å². The van der Waals surface area contributed by atoms with E-state index in [2.05, 4.69) is 25.9 Å². The summed E-state index contributed by atoms with van der Waals surface area (Å²) >= 11 is 3.44. The smallest absolute Gasteiger partial charge is 0.254 e. The van der Waals surface area contributed by atoms with Crippen LogP contribution < -0.4 is 0 Å². The van der Waals surface area contributed by atoms with Crippen LogP contribution in [0.5, 0.6) is 0 Å². The number of rotatable bonds is 1. The van der Waals surface area contributed by atoms with E-state index in [1.165, 1.54) is 0 Å². The predicted octanol–water partition coefficient (Wildman–Crippen LogP) is 3.14. The zero-order valence-electron chi connectivity index (χ0n) is 11.4. The fourth-order valence-corrected chi connectivity index (χ4v) is 3.90. The second-order valence-electron chi connectivity index (χ2n) is 5.60. The number of nitrogens with zero attached hydrogens (tertiary/aromatic N) is 3. The standard InChI is InChI=1S/C16H14BrN3O/c17-11-3-1-2-10(6-11)16(21)20-12-4-5-15(20)13-8-18-9-19-14(13)7-12/h1-3,6,8-9,12,15H,4-5,7H2. The zero-order valence-corrected chi connectivity index (χ0v) is 13.0. The van der Waals surface area contributed by atoms with Gasteiger partial charge in [-0.2, -0.15) is 0 Å². The number of hydrogen-bond donors (Lipinski definition) is 0. The molecule has 1 saturated heterocycles. The lowest BCUT2D eigenvalue weighted by molar-refractivity contribution is 0.0643. The van der Waals surface area contributed by atoms with Crippen LogP contribution in [-0.2, 0) is 6.42 Å². The van der Waals surface area contributed by atoms with Gasteiger partial charge in [0.25, 0.3) is 5.91 Å². The average molecular weight is 344 g/mol. The summed E-state index contributed by atoms with van der Waals surface area (Å²) in [5, 5.41) is 0. The maximum absolute atomic E-state index is 12.9. The number of benzene rings is 1. The highest BCUT2D eigenvalue weighted by atomic mass is 79.9. The van der Waals surface area contributed by atoms with Gasteiger partial charge in [0, 0.05) is 34.3 Å². The molecule has 2 unspecified atom stereocenters. The van der Waals surface area contributed by atoms with Crippen LogP contribution >= 0.6 is 15.9 Å². The normalized spacial score (nSPS) is 23.0. The molecule has 2 aliphatic heterocycles. The minimum atomic E-state index is 0.110. The molecule has 2 bridgehead atoms. The Labute approximate surface area is 131 Å². The highest BCUT2D eigenvalue weighted by Crippen LogP contribution is 2.43. The lowest BCUT2D eigenvalue weighted by atomic mass is 9.98. The molecule has 2 aliphatic rings. The van der Waals surface area contributed by atoms with Gasteiger partial charge >= 0.3 is 0 Å². The second-order valence-corrected chi connectivity index (χ2v) is 6.51. The third-order valence-electron chi connectivity index (χ3n) is 4.42. The van der Waals surface area contributed by atoms with Gasteiger partial charge in [-0.05, 0) is 31.0 Å². The Balaban J connectivity index is 1.73. The van der Waals surface area contributed by atoms with E-state index >= 15 is 0 Å². The molecule has 0 radical (unpaired) electrons. The summed E-state index contributed by atoms with van der Waals surface area (Å²) in [6.45, 7) is 0. The van der Waals surface area contributed by atoms with Crippen LogP contribution in [-0.4, -0.2) is 26.8 Å². The number of amides is 1. The van der Waals surface area contributed by atoms with Gasteiger partial charge in [0.15, 0.2) is 0 Å². The van der Waals surface area contributed by atoms with Crippen LogP contribution in [0, 0.1) is 0 Å². The molecule has 1 fully saturated rings. The minimum Gasteiger partial charge on any atom is -0.328 e. The van der Waals surface area contributed by atoms with Crippen molar-refractivity contribution in [1.82, 2.24) is 14.9 Å². The Hall–Kier alpha value is -1.75. The van der Waals surface area contributed by atoms with Crippen molar-refractivity contribution in [2.75, 3.05) is 0 Å². The van der Waals surface area contributed by atoms with E-state index in [-0.39, 0.29) is 18.0 Å². The van der Waals surface area contributed by atoms with Crippen LogP contribution in [0.3, 0.4) is 0 Å². The van der Waals surface area contributed by atoms with Crippen LogP contribution in [0.2, 0.25) is 0 Å². The molecular formula is C16H14BrN3O. The van der Waals surface area contributed by atoms with Gasteiger partial charge in [-0.3, -0.25) is 4.79 Å². The Morgan fingerprint density at radius 3 is 3.10 bits per heavy atom. The SMILES string of the molecule is O=C(c1cccc(Br)c1)N1C2CCC1c1cncnc1C2. The van der Waals surface area contributed by atoms with Crippen molar-refractivity contribution in [3.8, 4) is 0 Å². The first-order valence-electron chi connectivity index (χ1n) is 7.11. The number of hydrogen-bond acceptors (Lipinski definition) is 3.